The van der Waals surface area contributed by atoms with Gasteiger partial charge in [-0.05, 0) is 12.1 Å². The van der Waals surface area contributed by atoms with Crippen LogP contribution in [0.4, 0.5) is 11.4 Å². The Morgan fingerprint density at radius 3 is 2.57 bits per heavy atom. The number of amides is 1. The van der Waals surface area contributed by atoms with Gasteiger partial charge in [-0.1, -0.05) is 34.8 Å². The van der Waals surface area contributed by atoms with E-state index in [-0.39, 0.29) is 26.4 Å². The first-order valence-electron chi connectivity index (χ1n) is 5.45. The van der Waals surface area contributed by atoms with E-state index in [9.17, 15) is 14.9 Å². The van der Waals surface area contributed by atoms with Crippen molar-refractivity contribution < 1.29 is 9.72 Å². The lowest BCUT2D eigenvalue weighted by Crippen LogP contribution is -2.13. The molecule has 0 fully saturated rings. The first-order valence-corrected chi connectivity index (χ1v) is 6.58. The van der Waals surface area contributed by atoms with Crippen molar-refractivity contribution in [3.63, 3.8) is 0 Å². The number of nitrogens with zero attached hydrogens (tertiary/aromatic N) is 2. The van der Waals surface area contributed by atoms with E-state index in [0.29, 0.717) is 5.69 Å². The van der Waals surface area contributed by atoms with Crippen LogP contribution in [0.25, 0.3) is 0 Å². The summed E-state index contributed by atoms with van der Waals surface area (Å²) in [4.78, 5) is 26.0. The van der Waals surface area contributed by atoms with Gasteiger partial charge in [-0.15, -0.1) is 0 Å². The molecular formula is C12H6Cl3N3O3. The Hall–Kier alpha value is -1.89. The molecule has 1 amide bonds. The molecule has 0 atom stereocenters. The fraction of sp³-hybridized carbons (Fsp3) is 0. The van der Waals surface area contributed by atoms with Gasteiger partial charge in [0.1, 0.15) is 5.15 Å². The van der Waals surface area contributed by atoms with Gasteiger partial charge in [0.05, 0.1) is 20.5 Å². The van der Waals surface area contributed by atoms with Crippen LogP contribution in [0, 0.1) is 10.1 Å². The molecule has 1 heterocycles. The monoisotopic (exact) mass is 345 g/mol. The van der Waals surface area contributed by atoms with E-state index < -0.39 is 10.8 Å². The average Bonchev–Trinajstić information content (AvgIpc) is 2.41. The summed E-state index contributed by atoms with van der Waals surface area (Å²) in [5, 5.41) is 13.3. The number of rotatable bonds is 3. The van der Waals surface area contributed by atoms with Crippen molar-refractivity contribution in [2.75, 3.05) is 5.32 Å². The Bertz CT molecular complexity index is 737. The van der Waals surface area contributed by atoms with Crippen molar-refractivity contribution in [1.29, 1.82) is 0 Å². The van der Waals surface area contributed by atoms with Crippen LogP contribution in [0.3, 0.4) is 0 Å². The molecule has 0 radical (unpaired) electrons. The molecule has 2 aromatic rings. The Labute approximate surface area is 133 Å². The third-order valence-corrected chi connectivity index (χ3v) is 3.46. The van der Waals surface area contributed by atoms with Crippen LogP contribution in [0.15, 0.2) is 30.5 Å². The summed E-state index contributed by atoms with van der Waals surface area (Å²) in [7, 11) is 0. The Kier molecular flexibility index (Phi) is 4.62. The van der Waals surface area contributed by atoms with Crippen molar-refractivity contribution in [3.05, 3.63) is 61.3 Å². The number of nitrogens with one attached hydrogen (secondary N) is 1. The van der Waals surface area contributed by atoms with Crippen LogP contribution in [-0.4, -0.2) is 15.8 Å². The molecule has 0 unspecified atom stereocenters. The Balaban J connectivity index is 2.37. The Morgan fingerprint density at radius 2 is 1.95 bits per heavy atom. The van der Waals surface area contributed by atoms with Gasteiger partial charge in [-0.3, -0.25) is 14.9 Å². The minimum absolute atomic E-state index is 0.0695. The summed E-state index contributed by atoms with van der Waals surface area (Å²) in [6, 6.07) is 5.05. The highest BCUT2D eigenvalue weighted by Gasteiger charge is 2.19. The molecule has 6 nitrogen and oxygen atoms in total. The van der Waals surface area contributed by atoms with E-state index in [0.717, 1.165) is 12.1 Å². The maximum atomic E-state index is 12.1. The summed E-state index contributed by atoms with van der Waals surface area (Å²) in [6.07, 6.45) is 1.40. The minimum atomic E-state index is -0.664. The molecule has 0 saturated heterocycles. The SMILES string of the molecule is O=C(Nc1ccnc(Cl)c1)c1cc([N+](=O)[O-])cc(Cl)c1Cl. The van der Waals surface area contributed by atoms with Crippen molar-refractivity contribution in [1.82, 2.24) is 4.98 Å². The number of nitro groups is 1. The van der Waals surface area contributed by atoms with Crippen LogP contribution in [0.2, 0.25) is 15.2 Å². The largest absolute Gasteiger partial charge is 0.322 e. The third-order valence-electron chi connectivity index (χ3n) is 2.45. The van der Waals surface area contributed by atoms with Crippen LogP contribution >= 0.6 is 34.8 Å². The van der Waals surface area contributed by atoms with E-state index >= 15 is 0 Å². The fourth-order valence-electron chi connectivity index (χ4n) is 1.52. The molecule has 9 heteroatoms. The second kappa shape index (κ2) is 6.26. The molecule has 0 bridgehead atoms. The van der Waals surface area contributed by atoms with Gasteiger partial charge in [-0.2, -0.15) is 0 Å². The highest BCUT2D eigenvalue weighted by molar-refractivity contribution is 6.44. The van der Waals surface area contributed by atoms with Crippen molar-refractivity contribution in [2.24, 2.45) is 0 Å². The second-order valence-electron chi connectivity index (χ2n) is 3.87. The number of anilines is 1. The smallest absolute Gasteiger partial charge is 0.271 e. The van der Waals surface area contributed by atoms with Crippen LogP contribution in [0.5, 0.6) is 0 Å². The zero-order valence-electron chi connectivity index (χ0n) is 10.1. The molecular weight excluding hydrogens is 341 g/mol. The summed E-state index contributed by atoms with van der Waals surface area (Å²) in [6.45, 7) is 0. The first-order chi connectivity index (χ1) is 9.88. The lowest BCUT2D eigenvalue weighted by molar-refractivity contribution is -0.384. The summed E-state index contributed by atoms with van der Waals surface area (Å²) in [5.74, 6) is -0.645. The van der Waals surface area contributed by atoms with Crippen molar-refractivity contribution in [3.8, 4) is 0 Å². The van der Waals surface area contributed by atoms with Gasteiger partial charge in [0.15, 0.2) is 0 Å². The number of aromatic nitrogens is 1. The average molecular weight is 347 g/mol. The third kappa shape index (κ3) is 3.60. The lowest BCUT2D eigenvalue weighted by atomic mass is 10.2. The highest BCUT2D eigenvalue weighted by atomic mass is 35.5. The van der Waals surface area contributed by atoms with Gasteiger partial charge < -0.3 is 5.32 Å². The summed E-state index contributed by atoms with van der Waals surface area (Å²) < 4.78 is 0. The molecule has 1 aromatic carbocycles. The number of pyridine rings is 1. The number of non-ortho nitro benzene ring substituents is 1. The number of carbonyl (C=O) groups excluding carboxylic acids is 1. The summed E-state index contributed by atoms with van der Waals surface area (Å²) in [5.41, 5.74) is -0.0650. The molecule has 2 rings (SSSR count). The topological polar surface area (TPSA) is 85.1 Å². The maximum Gasteiger partial charge on any atom is 0.271 e. The predicted octanol–water partition coefficient (Wildman–Crippen LogP) is 4.20. The van der Waals surface area contributed by atoms with Crippen LogP contribution in [-0.2, 0) is 0 Å². The Morgan fingerprint density at radius 1 is 1.24 bits per heavy atom. The minimum Gasteiger partial charge on any atom is -0.322 e. The van der Waals surface area contributed by atoms with E-state index in [1.165, 1.54) is 18.3 Å². The molecule has 0 aliphatic rings. The number of hydrogen-bond donors (Lipinski definition) is 1. The lowest BCUT2D eigenvalue weighted by Gasteiger charge is -2.08. The molecule has 1 aromatic heterocycles. The number of carbonyl (C=O) groups is 1. The number of hydrogen-bond acceptors (Lipinski definition) is 4. The van der Waals surface area contributed by atoms with Gasteiger partial charge >= 0.3 is 0 Å². The van der Waals surface area contributed by atoms with Crippen LogP contribution in [0.1, 0.15) is 10.4 Å². The normalized spacial score (nSPS) is 10.2. The van der Waals surface area contributed by atoms with E-state index in [4.69, 9.17) is 34.8 Å². The number of nitro benzene ring substituents is 1. The standard InChI is InChI=1S/C12H6Cl3N3O3/c13-9-5-7(18(20)21)4-8(11(9)15)12(19)17-6-1-2-16-10(14)3-6/h1-5H,(H,16,17,19). The molecule has 0 spiro atoms. The molecule has 0 saturated carbocycles. The second-order valence-corrected chi connectivity index (χ2v) is 5.04. The molecule has 0 aliphatic heterocycles. The quantitative estimate of drug-likeness (QED) is 0.512. The fourth-order valence-corrected chi connectivity index (χ4v) is 2.11. The number of halogens is 3. The van der Waals surface area contributed by atoms with Gasteiger partial charge in [-0.25, -0.2) is 4.98 Å². The maximum absolute atomic E-state index is 12.1. The van der Waals surface area contributed by atoms with Gasteiger partial charge in [0.25, 0.3) is 11.6 Å². The molecule has 21 heavy (non-hydrogen) atoms. The molecule has 1 N–H and O–H groups in total. The zero-order valence-corrected chi connectivity index (χ0v) is 12.4. The summed E-state index contributed by atoms with van der Waals surface area (Å²) >= 11 is 17.4. The zero-order chi connectivity index (χ0) is 15.6. The van der Waals surface area contributed by atoms with Crippen molar-refractivity contribution in [2.45, 2.75) is 0 Å². The van der Waals surface area contributed by atoms with Gasteiger partial charge in [0.2, 0.25) is 0 Å². The first kappa shape index (κ1) is 15.5. The van der Waals surface area contributed by atoms with Gasteiger partial charge in [0, 0.05) is 24.0 Å². The molecule has 108 valence electrons. The van der Waals surface area contributed by atoms with Crippen molar-refractivity contribution >= 4 is 52.1 Å². The number of benzene rings is 1. The van der Waals surface area contributed by atoms with E-state index in [1.54, 1.807) is 0 Å². The van der Waals surface area contributed by atoms with E-state index in [2.05, 4.69) is 10.3 Å². The van der Waals surface area contributed by atoms with Crippen LogP contribution < -0.4 is 5.32 Å². The highest BCUT2D eigenvalue weighted by Crippen LogP contribution is 2.31. The predicted molar refractivity (Wildman–Crippen MR) is 80.3 cm³/mol. The van der Waals surface area contributed by atoms with E-state index in [1.807, 2.05) is 0 Å². The molecule has 0 aliphatic carbocycles.